The van der Waals surface area contributed by atoms with Crippen molar-refractivity contribution in [2.75, 3.05) is 26.3 Å². The van der Waals surface area contributed by atoms with E-state index in [2.05, 4.69) is 111 Å². The molecule has 0 unspecified atom stereocenters. The highest BCUT2D eigenvalue weighted by molar-refractivity contribution is 6.24. The van der Waals surface area contributed by atoms with E-state index in [0.29, 0.717) is 38.1 Å². The molecule has 2 aliphatic heterocycles. The Morgan fingerprint density at radius 3 is 1.82 bits per heavy atom. The van der Waals surface area contributed by atoms with Gasteiger partial charge >= 0.3 is 0 Å². The average molecular weight is 586 g/mol. The molecule has 7 aromatic rings. The molecular weight excluding hydrogens is 558 g/mol. The van der Waals surface area contributed by atoms with Crippen LogP contribution in [0.2, 0.25) is 0 Å². The van der Waals surface area contributed by atoms with E-state index in [0.717, 1.165) is 50.4 Å². The lowest BCUT2D eigenvalue weighted by Crippen LogP contribution is -2.03. The number of aromatic nitrogens is 3. The number of pyridine rings is 2. The van der Waals surface area contributed by atoms with Gasteiger partial charge in [-0.05, 0) is 58.3 Å². The first-order valence-corrected chi connectivity index (χ1v) is 15.2. The maximum Gasteiger partial charge on any atom is 0.235 e. The maximum absolute atomic E-state index is 5.65. The number of benzene rings is 4. The standard InChI is InChI=1S/C38H27N5O2/c1-2-6-27(7-3-1)43-34-20-24(25-11-14-32(41-22-25)37-39-16-18-44-37)10-13-30(34)36-29-9-5-4-8-28(29)31(21-35(36)43)26-12-15-33(42-23-26)38-40-17-19-45-38/h1-15,20-23H,16-19H2. The molecule has 0 saturated heterocycles. The Balaban J connectivity index is 1.27. The number of hydrogen-bond acceptors (Lipinski definition) is 6. The Hall–Kier alpha value is -5.82. The van der Waals surface area contributed by atoms with Gasteiger partial charge in [0, 0.05) is 40.0 Å². The van der Waals surface area contributed by atoms with Gasteiger partial charge in [0.15, 0.2) is 0 Å². The maximum atomic E-state index is 5.65. The van der Waals surface area contributed by atoms with Crippen molar-refractivity contribution in [3.8, 4) is 27.9 Å². The van der Waals surface area contributed by atoms with Crippen molar-refractivity contribution in [2.45, 2.75) is 0 Å². The van der Waals surface area contributed by atoms with Crippen LogP contribution in [0.1, 0.15) is 11.4 Å². The number of hydrogen-bond donors (Lipinski definition) is 0. The second kappa shape index (κ2) is 10.4. The third kappa shape index (κ3) is 4.27. The molecule has 5 heterocycles. The van der Waals surface area contributed by atoms with E-state index >= 15 is 0 Å². The molecule has 9 rings (SSSR count). The first-order chi connectivity index (χ1) is 22.3. The predicted molar refractivity (Wildman–Crippen MR) is 179 cm³/mol. The van der Waals surface area contributed by atoms with Crippen LogP contribution in [0.4, 0.5) is 0 Å². The summed E-state index contributed by atoms with van der Waals surface area (Å²) in [5.74, 6) is 1.24. The van der Waals surface area contributed by atoms with Crippen LogP contribution < -0.4 is 0 Å². The number of aliphatic imine (C=N–C) groups is 2. The van der Waals surface area contributed by atoms with Crippen molar-refractivity contribution in [1.82, 2.24) is 14.5 Å². The fourth-order valence-corrected chi connectivity index (χ4v) is 6.50. The van der Waals surface area contributed by atoms with Crippen LogP contribution >= 0.6 is 0 Å². The van der Waals surface area contributed by atoms with Crippen LogP contribution in [0.25, 0.3) is 60.5 Å². The first kappa shape index (κ1) is 25.7. The van der Waals surface area contributed by atoms with E-state index < -0.39 is 0 Å². The molecule has 7 heteroatoms. The monoisotopic (exact) mass is 585 g/mol. The lowest BCUT2D eigenvalue weighted by Gasteiger charge is -2.12. The van der Waals surface area contributed by atoms with Crippen molar-refractivity contribution >= 4 is 44.4 Å². The van der Waals surface area contributed by atoms with Crippen LogP contribution in [0, 0.1) is 0 Å². The van der Waals surface area contributed by atoms with E-state index in [1.165, 1.54) is 21.5 Å². The molecular formula is C38H27N5O2. The Bertz CT molecular complexity index is 2300. The SMILES string of the molecule is c1ccc(-n2c3cc(-c4ccc(C5=NCCO5)nc4)ccc3c3c4ccccc4c(-c4ccc(C5=NCCO5)nc4)cc32)cc1. The zero-order valence-electron chi connectivity index (χ0n) is 24.4. The number of ether oxygens (including phenoxy) is 2. The second-order valence-electron chi connectivity index (χ2n) is 11.2. The second-order valence-corrected chi connectivity index (χ2v) is 11.2. The van der Waals surface area contributed by atoms with E-state index in [-0.39, 0.29) is 0 Å². The molecule has 216 valence electrons. The number of para-hydroxylation sites is 1. The zero-order chi connectivity index (χ0) is 29.7. The normalized spacial score (nSPS) is 14.5. The van der Waals surface area contributed by atoms with E-state index in [1.54, 1.807) is 0 Å². The molecule has 7 nitrogen and oxygen atoms in total. The van der Waals surface area contributed by atoms with E-state index in [9.17, 15) is 0 Å². The molecule has 45 heavy (non-hydrogen) atoms. The van der Waals surface area contributed by atoms with Crippen LogP contribution in [0.5, 0.6) is 0 Å². The van der Waals surface area contributed by atoms with Gasteiger partial charge in [0.2, 0.25) is 11.8 Å². The molecule has 2 aliphatic rings. The summed E-state index contributed by atoms with van der Waals surface area (Å²) in [6.45, 7) is 2.58. The summed E-state index contributed by atoms with van der Waals surface area (Å²) >= 11 is 0. The summed E-state index contributed by atoms with van der Waals surface area (Å²) in [6.07, 6.45) is 3.84. The molecule has 0 N–H and O–H groups in total. The lowest BCUT2D eigenvalue weighted by atomic mass is 9.95. The molecule has 3 aromatic heterocycles. The Labute approximate surface area is 259 Å². The molecule has 0 fully saturated rings. The number of nitrogens with zero attached hydrogens (tertiary/aromatic N) is 5. The third-order valence-corrected chi connectivity index (χ3v) is 8.57. The van der Waals surface area contributed by atoms with Crippen LogP contribution in [0.15, 0.2) is 126 Å². The minimum atomic E-state index is 0.609. The average Bonchev–Trinajstić information content (AvgIpc) is 3.90. The lowest BCUT2D eigenvalue weighted by molar-refractivity contribution is 0.347. The topological polar surface area (TPSA) is 73.9 Å². The molecule has 0 amide bonds. The minimum Gasteiger partial charge on any atom is -0.474 e. The van der Waals surface area contributed by atoms with Crippen LogP contribution in [-0.4, -0.2) is 52.6 Å². The molecule has 4 aromatic carbocycles. The summed E-state index contributed by atoms with van der Waals surface area (Å²) in [5, 5.41) is 4.81. The third-order valence-electron chi connectivity index (χ3n) is 8.57. The smallest absolute Gasteiger partial charge is 0.235 e. The molecule has 0 aliphatic carbocycles. The van der Waals surface area contributed by atoms with Crippen molar-refractivity contribution < 1.29 is 9.47 Å². The highest BCUT2D eigenvalue weighted by Crippen LogP contribution is 2.42. The fourth-order valence-electron chi connectivity index (χ4n) is 6.50. The van der Waals surface area contributed by atoms with Gasteiger partial charge in [-0.2, -0.15) is 0 Å². The predicted octanol–water partition coefficient (Wildman–Crippen LogP) is 7.61. The fraction of sp³-hybridized carbons (Fsp3) is 0.105. The van der Waals surface area contributed by atoms with Crippen LogP contribution in [-0.2, 0) is 9.47 Å². The van der Waals surface area contributed by atoms with Gasteiger partial charge < -0.3 is 14.0 Å². The molecule has 0 radical (unpaired) electrons. The first-order valence-electron chi connectivity index (χ1n) is 15.2. The minimum absolute atomic E-state index is 0.609. The Morgan fingerprint density at radius 2 is 1.18 bits per heavy atom. The Kier molecular flexibility index (Phi) is 5.94. The van der Waals surface area contributed by atoms with Gasteiger partial charge in [0.25, 0.3) is 0 Å². The quantitative estimate of drug-likeness (QED) is 0.208. The molecule has 0 spiro atoms. The molecule has 0 atom stereocenters. The van der Waals surface area contributed by atoms with Gasteiger partial charge in [-0.15, -0.1) is 0 Å². The zero-order valence-corrected chi connectivity index (χ0v) is 24.4. The van der Waals surface area contributed by atoms with E-state index in [1.807, 2.05) is 24.5 Å². The van der Waals surface area contributed by atoms with Gasteiger partial charge in [-0.1, -0.05) is 66.7 Å². The number of rotatable bonds is 5. The largest absolute Gasteiger partial charge is 0.474 e. The summed E-state index contributed by atoms with van der Waals surface area (Å²) in [7, 11) is 0. The van der Waals surface area contributed by atoms with E-state index in [4.69, 9.17) is 14.5 Å². The van der Waals surface area contributed by atoms with Crippen molar-refractivity contribution in [3.05, 3.63) is 127 Å². The summed E-state index contributed by atoms with van der Waals surface area (Å²) in [6, 6.07) is 36.4. The summed E-state index contributed by atoms with van der Waals surface area (Å²) in [4.78, 5) is 18.3. The summed E-state index contributed by atoms with van der Waals surface area (Å²) in [5.41, 5.74) is 9.21. The Morgan fingerprint density at radius 1 is 0.533 bits per heavy atom. The van der Waals surface area contributed by atoms with Gasteiger partial charge in [-0.3, -0.25) is 9.97 Å². The van der Waals surface area contributed by atoms with Crippen LogP contribution in [0.3, 0.4) is 0 Å². The van der Waals surface area contributed by atoms with Gasteiger partial charge in [0.05, 0.1) is 24.1 Å². The van der Waals surface area contributed by atoms with Crippen molar-refractivity contribution in [3.63, 3.8) is 0 Å². The summed E-state index contributed by atoms with van der Waals surface area (Å²) < 4.78 is 13.6. The van der Waals surface area contributed by atoms with Gasteiger partial charge in [0.1, 0.15) is 24.6 Å². The van der Waals surface area contributed by atoms with Crippen molar-refractivity contribution in [2.24, 2.45) is 9.98 Å². The molecule has 0 saturated carbocycles. The highest BCUT2D eigenvalue weighted by atomic mass is 16.5. The van der Waals surface area contributed by atoms with Gasteiger partial charge in [-0.25, -0.2) is 9.98 Å². The van der Waals surface area contributed by atoms with Crippen molar-refractivity contribution in [1.29, 1.82) is 0 Å². The number of fused-ring (bicyclic) bond motifs is 5. The highest BCUT2D eigenvalue weighted by Gasteiger charge is 2.20. The molecule has 0 bridgehead atoms.